The number of rotatable bonds is 7. The lowest BCUT2D eigenvalue weighted by Gasteiger charge is -2.12. The van der Waals surface area contributed by atoms with Gasteiger partial charge in [0.25, 0.3) is 5.91 Å². The monoisotopic (exact) mass is 408 g/mol. The first-order valence-electron chi connectivity index (χ1n) is 8.55. The maximum atomic E-state index is 12.6. The number of carbonyl (C=O) groups is 1. The summed E-state index contributed by atoms with van der Waals surface area (Å²) in [7, 11) is 3.15. The average molecular weight is 409 g/mol. The van der Waals surface area contributed by atoms with Crippen molar-refractivity contribution in [2.45, 2.75) is 13.0 Å². The Hall–Kier alpha value is -2.80. The number of ether oxygens (including phenoxy) is 2. The second-order valence-electron chi connectivity index (χ2n) is 6.11. The van der Waals surface area contributed by atoms with E-state index in [1.807, 2.05) is 24.3 Å². The van der Waals surface area contributed by atoms with Gasteiger partial charge in [-0.1, -0.05) is 35.9 Å². The molecule has 3 aromatic rings. The number of para-hydroxylation sites is 1. The molecule has 0 saturated heterocycles. The van der Waals surface area contributed by atoms with Gasteiger partial charge in [0.05, 0.1) is 12.1 Å². The van der Waals surface area contributed by atoms with Gasteiger partial charge in [-0.2, -0.15) is 8.78 Å². The Morgan fingerprint density at radius 1 is 1.21 bits per heavy atom. The second kappa shape index (κ2) is 8.48. The van der Waals surface area contributed by atoms with E-state index in [0.717, 1.165) is 16.5 Å². The van der Waals surface area contributed by atoms with Crippen molar-refractivity contribution in [3.05, 3.63) is 58.7 Å². The summed E-state index contributed by atoms with van der Waals surface area (Å²) in [5.74, 6) is -0.130. The lowest BCUT2D eigenvalue weighted by atomic mass is 10.1. The van der Waals surface area contributed by atoms with Gasteiger partial charge in [-0.05, 0) is 30.2 Å². The van der Waals surface area contributed by atoms with Crippen LogP contribution in [0.4, 0.5) is 8.78 Å². The second-order valence-corrected chi connectivity index (χ2v) is 6.49. The molecule has 2 aromatic carbocycles. The molecular weight excluding hydrogens is 390 g/mol. The molecule has 3 rings (SSSR count). The summed E-state index contributed by atoms with van der Waals surface area (Å²) in [6.07, 6.45) is 0.427. The van der Waals surface area contributed by atoms with E-state index >= 15 is 0 Å². The van der Waals surface area contributed by atoms with E-state index in [1.54, 1.807) is 23.7 Å². The van der Waals surface area contributed by atoms with Crippen molar-refractivity contribution in [1.82, 2.24) is 9.88 Å². The van der Waals surface area contributed by atoms with Crippen LogP contribution in [0, 0.1) is 0 Å². The number of methoxy groups -OCH3 is 1. The molecule has 0 aliphatic heterocycles. The normalized spacial score (nSPS) is 11.1. The van der Waals surface area contributed by atoms with Gasteiger partial charge < -0.3 is 19.4 Å². The number of benzene rings is 2. The Kier molecular flexibility index (Phi) is 6.04. The molecule has 0 aliphatic carbocycles. The molecular formula is C20H19ClF2N2O3. The van der Waals surface area contributed by atoms with Crippen molar-refractivity contribution in [2.24, 2.45) is 7.05 Å². The molecule has 1 N–H and O–H groups in total. The predicted molar refractivity (Wildman–Crippen MR) is 104 cm³/mol. The number of halogens is 3. The van der Waals surface area contributed by atoms with Gasteiger partial charge in [-0.15, -0.1) is 0 Å². The average Bonchev–Trinajstić information content (AvgIpc) is 2.92. The Balaban J connectivity index is 1.69. The Bertz CT molecular complexity index is 966. The van der Waals surface area contributed by atoms with Gasteiger partial charge in [0.1, 0.15) is 5.69 Å². The highest BCUT2D eigenvalue weighted by molar-refractivity contribution is 6.38. The molecule has 8 heteroatoms. The maximum Gasteiger partial charge on any atom is 0.387 e. The largest absolute Gasteiger partial charge is 0.493 e. The van der Waals surface area contributed by atoms with E-state index in [2.05, 4.69) is 10.1 Å². The predicted octanol–water partition coefficient (Wildman–Crippen LogP) is 4.41. The molecule has 0 fully saturated rings. The minimum absolute atomic E-state index is 0.0435. The zero-order valence-electron chi connectivity index (χ0n) is 15.3. The molecule has 0 spiro atoms. The van der Waals surface area contributed by atoms with Gasteiger partial charge >= 0.3 is 6.61 Å². The zero-order valence-corrected chi connectivity index (χ0v) is 16.1. The van der Waals surface area contributed by atoms with E-state index < -0.39 is 6.61 Å². The van der Waals surface area contributed by atoms with Crippen LogP contribution in [0.2, 0.25) is 5.02 Å². The first-order valence-corrected chi connectivity index (χ1v) is 8.93. The third kappa shape index (κ3) is 4.04. The van der Waals surface area contributed by atoms with Crippen molar-refractivity contribution in [3.63, 3.8) is 0 Å². The number of amides is 1. The van der Waals surface area contributed by atoms with Crippen LogP contribution in [0.15, 0.2) is 42.5 Å². The number of aryl methyl sites for hydroxylation is 1. The molecule has 0 atom stereocenters. The van der Waals surface area contributed by atoms with Crippen LogP contribution in [0.1, 0.15) is 16.1 Å². The Morgan fingerprint density at radius 3 is 2.64 bits per heavy atom. The lowest BCUT2D eigenvalue weighted by Crippen LogP contribution is -2.27. The first-order chi connectivity index (χ1) is 13.4. The molecule has 1 amide bonds. The van der Waals surface area contributed by atoms with Crippen LogP contribution in [-0.4, -0.2) is 30.7 Å². The van der Waals surface area contributed by atoms with Crippen molar-refractivity contribution >= 4 is 28.4 Å². The summed E-state index contributed by atoms with van der Waals surface area (Å²) < 4.78 is 36.3. The maximum absolute atomic E-state index is 12.6. The number of hydrogen-bond donors (Lipinski definition) is 1. The van der Waals surface area contributed by atoms with Crippen molar-refractivity contribution in [1.29, 1.82) is 0 Å². The van der Waals surface area contributed by atoms with Gasteiger partial charge in [0, 0.05) is 24.5 Å². The number of nitrogens with zero attached hydrogens (tertiary/aromatic N) is 1. The van der Waals surface area contributed by atoms with Gasteiger partial charge in [0.15, 0.2) is 11.5 Å². The Morgan fingerprint density at radius 2 is 1.96 bits per heavy atom. The summed E-state index contributed by atoms with van der Waals surface area (Å²) in [5.41, 5.74) is 1.96. The number of hydrogen-bond acceptors (Lipinski definition) is 3. The third-order valence-electron chi connectivity index (χ3n) is 4.40. The fourth-order valence-corrected chi connectivity index (χ4v) is 3.44. The highest BCUT2D eigenvalue weighted by Gasteiger charge is 2.19. The van der Waals surface area contributed by atoms with Gasteiger partial charge in [0.2, 0.25) is 0 Å². The minimum atomic E-state index is -2.95. The SMILES string of the molecule is COc1ccc(CCNC(=O)c2c(Cl)c3ccccc3n2C)cc1OC(F)F. The summed E-state index contributed by atoms with van der Waals surface area (Å²) in [5, 5.41) is 4.02. The Labute approximate surface area is 165 Å². The van der Waals surface area contributed by atoms with Crippen LogP contribution in [-0.2, 0) is 13.5 Å². The quantitative estimate of drug-likeness (QED) is 0.630. The van der Waals surface area contributed by atoms with E-state index in [4.69, 9.17) is 16.3 Å². The number of aromatic nitrogens is 1. The fourth-order valence-electron chi connectivity index (χ4n) is 3.07. The number of alkyl halides is 2. The third-order valence-corrected chi connectivity index (χ3v) is 4.79. The van der Waals surface area contributed by atoms with Crippen LogP contribution in [0.25, 0.3) is 10.9 Å². The van der Waals surface area contributed by atoms with Crippen LogP contribution in [0.5, 0.6) is 11.5 Å². The number of fused-ring (bicyclic) bond motifs is 1. The molecule has 0 unspecified atom stereocenters. The minimum Gasteiger partial charge on any atom is -0.493 e. The molecule has 0 bridgehead atoms. The van der Waals surface area contributed by atoms with E-state index in [0.29, 0.717) is 23.7 Å². The molecule has 1 aromatic heterocycles. The summed E-state index contributed by atoms with van der Waals surface area (Å²) in [6, 6.07) is 12.2. The number of carbonyl (C=O) groups excluding carboxylic acids is 1. The fraction of sp³-hybridized carbons (Fsp3) is 0.250. The highest BCUT2D eigenvalue weighted by atomic mass is 35.5. The van der Waals surface area contributed by atoms with E-state index in [9.17, 15) is 13.6 Å². The molecule has 148 valence electrons. The molecule has 28 heavy (non-hydrogen) atoms. The van der Waals surface area contributed by atoms with Gasteiger partial charge in [-0.25, -0.2) is 0 Å². The highest BCUT2D eigenvalue weighted by Crippen LogP contribution is 2.30. The van der Waals surface area contributed by atoms with Crippen molar-refractivity contribution in [2.75, 3.05) is 13.7 Å². The smallest absolute Gasteiger partial charge is 0.387 e. The van der Waals surface area contributed by atoms with Crippen LogP contribution in [0.3, 0.4) is 0 Å². The molecule has 0 radical (unpaired) electrons. The summed E-state index contributed by atoms with van der Waals surface area (Å²) in [4.78, 5) is 12.6. The van der Waals surface area contributed by atoms with Gasteiger partial charge in [-0.3, -0.25) is 4.79 Å². The van der Waals surface area contributed by atoms with Crippen molar-refractivity contribution < 1.29 is 23.0 Å². The van der Waals surface area contributed by atoms with E-state index in [-0.39, 0.29) is 17.4 Å². The van der Waals surface area contributed by atoms with Crippen LogP contribution >= 0.6 is 11.6 Å². The zero-order chi connectivity index (χ0) is 20.3. The molecule has 5 nitrogen and oxygen atoms in total. The number of nitrogens with one attached hydrogen (secondary N) is 1. The first kappa shape index (κ1) is 19.9. The van der Waals surface area contributed by atoms with E-state index in [1.165, 1.54) is 13.2 Å². The summed E-state index contributed by atoms with van der Waals surface area (Å²) in [6.45, 7) is -2.64. The molecule has 0 saturated carbocycles. The van der Waals surface area contributed by atoms with Crippen LogP contribution < -0.4 is 14.8 Å². The summed E-state index contributed by atoms with van der Waals surface area (Å²) >= 11 is 6.37. The molecule has 0 aliphatic rings. The van der Waals surface area contributed by atoms with Crippen molar-refractivity contribution in [3.8, 4) is 11.5 Å². The topological polar surface area (TPSA) is 52.5 Å². The standard InChI is InChI=1S/C20H19ClF2N2O3/c1-25-14-6-4-3-5-13(14)17(21)18(25)19(26)24-10-9-12-7-8-15(27-2)16(11-12)28-20(22)23/h3-8,11,20H,9-10H2,1-2H3,(H,24,26). The molecule has 1 heterocycles. The lowest BCUT2D eigenvalue weighted by molar-refractivity contribution is -0.0512.